The molecule has 0 aliphatic rings. The molecule has 0 fully saturated rings. The second-order valence-corrected chi connectivity index (χ2v) is 4.94. The van der Waals surface area contributed by atoms with E-state index < -0.39 is 0 Å². The van der Waals surface area contributed by atoms with Crippen molar-refractivity contribution in [2.45, 2.75) is 32.2 Å². The highest BCUT2D eigenvalue weighted by Gasteiger charge is 2.12. The molecule has 0 atom stereocenters. The molecule has 0 aliphatic carbocycles. The fourth-order valence-electron chi connectivity index (χ4n) is 2.47. The fraction of sp³-hybridized carbons (Fsp3) is 0.333. The van der Waals surface area contributed by atoms with E-state index in [4.69, 9.17) is 11.6 Å². The number of benzene rings is 1. The number of alkyl halides is 1. The van der Waals surface area contributed by atoms with E-state index in [2.05, 4.69) is 27.5 Å². The smallest absolute Gasteiger partial charge is 0.124 e. The van der Waals surface area contributed by atoms with Crippen LogP contribution in [0.4, 0.5) is 0 Å². The van der Waals surface area contributed by atoms with Crippen LogP contribution in [0.15, 0.2) is 30.5 Å². The predicted molar refractivity (Wildman–Crippen MR) is 79.5 cm³/mol. The van der Waals surface area contributed by atoms with Gasteiger partial charge in [0.25, 0.3) is 0 Å². The molecule has 3 rings (SSSR count). The van der Waals surface area contributed by atoms with Gasteiger partial charge in [0.15, 0.2) is 0 Å². The van der Waals surface area contributed by atoms with E-state index in [1.807, 2.05) is 24.4 Å². The molecular weight excluding hydrogens is 258 g/mol. The monoisotopic (exact) mass is 273 g/mol. The highest BCUT2D eigenvalue weighted by Crippen LogP contribution is 2.25. The largest absolute Gasteiger partial charge is 0.326 e. The lowest BCUT2D eigenvalue weighted by Gasteiger charge is -2.08. The number of nitrogens with zero attached hydrogens (tertiary/aromatic N) is 3. The first-order valence-corrected chi connectivity index (χ1v) is 7.17. The Morgan fingerprint density at radius 2 is 2.05 bits per heavy atom. The van der Waals surface area contributed by atoms with Crippen LogP contribution in [0.25, 0.3) is 21.9 Å². The molecule has 4 heteroatoms. The lowest BCUT2D eigenvalue weighted by Crippen LogP contribution is -2.02. The average molecular weight is 274 g/mol. The van der Waals surface area contributed by atoms with Crippen molar-refractivity contribution in [1.82, 2.24) is 14.5 Å². The van der Waals surface area contributed by atoms with Crippen LogP contribution in [0, 0.1) is 0 Å². The Morgan fingerprint density at radius 1 is 1.21 bits per heavy atom. The van der Waals surface area contributed by atoms with Crippen LogP contribution in [0.5, 0.6) is 0 Å². The van der Waals surface area contributed by atoms with Gasteiger partial charge >= 0.3 is 0 Å². The number of unbranched alkanes of at least 4 members (excludes halogenated alkanes) is 1. The van der Waals surface area contributed by atoms with Gasteiger partial charge in [-0.05, 0) is 12.5 Å². The summed E-state index contributed by atoms with van der Waals surface area (Å²) in [6, 6.07) is 8.19. The topological polar surface area (TPSA) is 30.7 Å². The van der Waals surface area contributed by atoms with E-state index in [1.165, 1.54) is 0 Å². The summed E-state index contributed by atoms with van der Waals surface area (Å²) in [7, 11) is 0. The van der Waals surface area contributed by atoms with Crippen LogP contribution in [0.3, 0.4) is 0 Å². The molecule has 2 aromatic heterocycles. The maximum absolute atomic E-state index is 6.03. The molecule has 19 heavy (non-hydrogen) atoms. The van der Waals surface area contributed by atoms with Crippen molar-refractivity contribution in [3.63, 3.8) is 0 Å². The minimum Gasteiger partial charge on any atom is -0.326 e. The zero-order valence-corrected chi connectivity index (χ0v) is 11.7. The number of fused-ring (bicyclic) bond motifs is 3. The molecule has 1 aromatic carbocycles. The molecule has 2 heterocycles. The molecule has 3 aromatic rings. The SMILES string of the molecule is CCCCn1c(CCl)nc2cnc3ccccc3c21. The maximum atomic E-state index is 6.03. The number of rotatable bonds is 4. The van der Waals surface area contributed by atoms with Crippen molar-refractivity contribution in [2.75, 3.05) is 0 Å². The summed E-state index contributed by atoms with van der Waals surface area (Å²) in [6.07, 6.45) is 4.13. The quantitative estimate of drug-likeness (QED) is 0.670. The number of imidazole rings is 1. The van der Waals surface area contributed by atoms with E-state index in [1.54, 1.807) is 0 Å². The van der Waals surface area contributed by atoms with Gasteiger partial charge in [-0.25, -0.2) is 4.98 Å². The number of hydrogen-bond donors (Lipinski definition) is 0. The van der Waals surface area contributed by atoms with Crippen molar-refractivity contribution in [1.29, 1.82) is 0 Å². The first-order chi connectivity index (χ1) is 9.35. The normalized spacial score (nSPS) is 11.5. The molecular formula is C15H16ClN3. The van der Waals surface area contributed by atoms with Gasteiger partial charge in [0, 0.05) is 11.9 Å². The van der Waals surface area contributed by atoms with Crippen molar-refractivity contribution >= 4 is 33.5 Å². The van der Waals surface area contributed by atoms with Gasteiger partial charge in [-0.15, -0.1) is 11.6 Å². The highest BCUT2D eigenvalue weighted by atomic mass is 35.5. The molecule has 0 amide bonds. The Kier molecular flexibility index (Phi) is 3.38. The number of halogens is 1. The Balaban J connectivity index is 2.32. The summed E-state index contributed by atoms with van der Waals surface area (Å²) in [4.78, 5) is 9.06. The van der Waals surface area contributed by atoms with Crippen LogP contribution in [-0.2, 0) is 12.4 Å². The second-order valence-electron chi connectivity index (χ2n) is 4.68. The van der Waals surface area contributed by atoms with Crippen molar-refractivity contribution in [2.24, 2.45) is 0 Å². The summed E-state index contributed by atoms with van der Waals surface area (Å²) < 4.78 is 2.25. The molecule has 0 saturated heterocycles. The van der Waals surface area contributed by atoms with E-state index in [9.17, 15) is 0 Å². The summed E-state index contributed by atoms with van der Waals surface area (Å²) >= 11 is 6.03. The number of pyridine rings is 1. The lowest BCUT2D eigenvalue weighted by molar-refractivity contribution is 0.629. The van der Waals surface area contributed by atoms with Gasteiger partial charge < -0.3 is 4.57 Å². The van der Waals surface area contributed by atoms with Crippen molar-refractivity contribution < 1.29 is 0 Å². The highest BCUT2D eigenvalue weighted by molar-refractivity contribution is 6.17. The van der Waals surface area contributed by atoms with Gasteiger partial charge in [-0.2, -0.15) is 0 Å². The van der Waals surface area contributed by atoms with Crippen LogP contribution in [0.1, 0.15) is 25.6 Å². The predicted octanol–water partition coefficient (Wildman–Crippen LogP) is 4.12. The standard InChI is InChI=1S/C15H16ClN3/c1-2-3-8-19-14(9-16)18-13-10-17-12-7-5-4-6-11(12)15(13)19/h4-7,10H,2-3,8-9H2,1H3. The second kappa shape index (κ2) is 5.17. The molecule has 0 unspecified atom stereocenters. The number of hydrogen-bond acceptors (Lipinski definition) is 2. The van der Waals surface area contributed by atoms with Crippen molar-refractivity contribution in [3.8, 4) is 0 Å². The summed E-state index contributed by atoms with van der Waals surface area (Å²) in [5.41, 5.74) is 3.11. The maximum Gasteiger partial charge on any atom is 0.124 e. The molecule has 98 valence electrons. The molecule has 0 bridgehead atoms. The van der Waals surface area contributed by atoms with Gasteiger partial charge in [-0.1, -0.05) is 31.5 Å². The molecule has 0 radical (unpaired) electrons. The van der Waals surface area contributed by atoms with E-state index >= 15 is 0 Å². The van der Waals surface area contributed by atoms with Gasteiger partial charge in [0.2, 0.25) is 0 Å². The number of para-hydroxylation sites is 1. The first-order valence-electron chi connectivity index (χ1n) is 6.64. The van der Waals surface area contributed by atoms with Crippen molar-refractivity contribution in [3.05, 3.63) is 36.3 Å². The fourth-order valence-corrected chi connectivity index (χ4v) is 2.67. The van der Waals surface area contributed by atoms with Crippen LogP contribution in [-0.4, -0.2) is 14.5 Å². The third kappa shape index (κ3) is 2.08. The third-order valence-electron chi connectivity index (χ3n) is 3.41. The number of aryl methyl sites for hydroxylation is 1. The zero-order chi connectivity index (χ0) is 13.2. The average Bonchev–Trinajstić information content (AvgIpc) is 2.83. The Hall–Kier alpha value is -1.61. The van der Waals surface area contributed by atoms with E-state index in [0.29, 0.717) is 5.88 Å². The lowest BCUT2D eigenvalue weighted by atomic mass is 10.2. The molecule has 0 spiro atoms. The third-order valence-corrected chi connectivity index (χ3v) is 3.65. The minimum atomic E-state index is 0.437. The van der Waals surface area contributed by atoms with Gasteiger partial charge in [-0.3, -0.25) is 4.98 Å². The van der Waals surface area contributed by atoms with Gasteiger partial charge in [0.1, 0.15) is 11.3 Å². The molecule has 0 N–H and O–H groups in total. The first kappa shape index (κ1) is 12.4. The molecule has 0 saturated carbocycles. The van der Waals surface area contributed by atoms with Crippen LogP contribution >= 0.6 is 11.6 Å². The Bertz CT molecular complexity index is 718. The van der Waals surface area contributed by atoms with E-state index in [-0.39, 0.29) is 0 Å². The van der Waals surface area contributed by atoms with Crippen LogP contribution < -0.4 is 0 Å². The van der Waals surface area contributed by atoms with Gasteiger partial charge in [0.05, 0.1) is 23.1 Å². The summed E-state index contributed by atoms with van der Waals surface area (Å²) in [5.74, 6) is 1.37. The molecule has 3 nitrogen and oxygen atoms in total. The Morgan fingerprint density at radius 3 is 2.84 bits per heavy atom. The molecule has 0 aliphatic heterocycles. The summed E-state index contributed by atoms with van der Waals surface area (Å²) in [5, 5.41) is 1.15. The summed E-state index contributed by atoms with van der Waals surface area (Å²) in [6.45, 7) is 3.15. The minimum absolute atomic E-state index is 0.437. The van der Waals surface area contributed by atoms with E-state index in [0.717, 1.165) is 47.1 Å². The number of aromatic nitrogens is 3. The van der Waals surface area contributed by atoms with Crippen LogP contribution in [0.2, 0.25) is 0 Å². The Labute approximate surface area is 117 Å². The zero-order valence-electron chi connectivity index (χ0n) is 10.9.